The van der Waals surface area contributed by atoms with Crippen molar-refractivity contribution in [3.05, 3.63) is 29.8 Å². The number of aryl methyl sites for hydroxylation is 1. The summed E-state index contributed by atoms with van der Waals surface area (Å²) in [5.41, 5.74) is 1.45. The van der Waals surface area contributed by atoms with Crippen molar-refractivity contribution in [1.29, 1.82) is 0 Å². The van der Waals surface area contributed by atoms with Crippen molar-refractivity contribution in [3.63, 3.8) is 0 Å². The molecule has 0 bridgehead atoms. The van der Waals surface area contributed by atoms with Crippen LogP contribution in [0.1, 0.15) is 37.1 Å². The topological polar surface area (TPSA) is 84.0 Å². The molecular formula is C17H20N6O. The van der Waals surface area contributed by atoms with E-state index >= 15 is 0 Å². The first-order valence-electron chi connectivity index (χ1n) is 8.06. The Balaban J connectivity index is 1.41. The zero-order chi connectivity index (χ0) is 17.0. The summed E-state index contributed by atoms with van der Waals surface area (Å²) in [7, 11) is 0. The number of nitrogens with one attached hydrogen (secondary N) is 1. The predicted molar refractivity (Wildman–Crippen MR) is 89.3 cm³/mol. The molecule has 1 aliphatic rings. The molecule has 2 aromatic heterocycles. The lowest BCUT2D eigenvalue weighted by molar-refractivity contribution is -0.121. The van der Waals surface area contributed by atoms with E-state index in [0.29, 0.717) is 38.0 Å². The van der Waals surface area contributed by atoms with Crippen molar-refractivity contribution in [1.82, 2.24) is 19.7 Å². The number of carbonyl (C=O) groups is 1. The average Bonchev–Trinajstić information content (AvgIpc) is 3.23. The van der Waals surface area contributed by atoms with E-state index in [9.17, 15) is 4.79 Å². The van der Waals surface area contributed by atoms with E-state index in [2.05, 4.69) is 31.4 Å². The standard InChI is InChI=1S/C17H20N6O/c1-3-4-8-17(21-22-17)9-5-15(24)18-10-6-14-12-23-11-7-13(2)19-16(23)20-14/h1,7,11-12H,4-6,8-10H2,2H3,(H,18,24). The number of hydrogen-bond acceptors (Lipinski definition) is 5. The van der Waals surface area contributed by atoms with Crippen LogP contribution >= 0.6 is 0 Å². The van der Waals surface area contributed by atoms with Gasteiger partial charge in [-0.15, -0.1) is 12.3 Å². The van der Waals surface area contributed by atoms with Crippen LogP contribution in [0.15, 0.2) is 28.7 Å². The van der Waals surface area contributed by atoms with E-state index in [4.69, 9.17) is 6.42 Å². The van der Waals surface area contributed by atoms with Crippen LogP contribution in [-0.4, -0.2) is 32.5 Å². The first-order chi connectivity index (χ1) is 11.6. The summed E-state index contributed by atoms with van der Waals surface area (Å²) >= 11 is 0. The average molecular weight is 324 g/mol. The van der Waals surface area contributed by atoms with Crippen LogP contribution in [-0.2, 0) is 11.2 Å². The minimum atomic E-state index is -0.394. The largest absolute Gasteiger partial charge is 0.356 e. The summed E-state index contributed by atoms with van der Waals surface area (Å²) in [6.45, 7) is 2.48. The van der Waals surface area contributed by atoms with Gasteiger partial charge in [0, 0.05) is 56.7 Å². The monoisotopic (exact) mass is 324 g/mol. The fourth-order valence-electron chi connectivity index (χ4n) is 2.53. The molecule has 3 rings (SSSR count). The zero-order valence-corrected chi connectivity index (χ0v) is 13.7. The molecule has 0 atom stereocenters. The van der Waals surface area contributed by atoms with Gasteiger partial charge in [0.05, 0.1) is 5.69 Å². The molecule has 0 fully saturated rings. The summed E-state index contributed by atoms with van der Waals surface area (Å²) in [4.78, 5) is 20.7. The molecular weight excluding hydrogens is 304 g/mol. The van der Waals surface area contributed by atoms with E-state index in [0.717, 1.165) is 17.8 Å². The van der Waals surface area contributed by atoms with E-state index in [-0.39, 0.29) is 5.91 Å². The van der Waals surface area contributed by atoms with Gasteiger partial charge < -0.3 is 5.32 Å². The van der Waals surface area contributed by atoms with Crippen LogP contribution < -0.4 is 5.32 Å². The molecule has 3 heterocycles. The van der Waals surface area contributed by atoms with Gasteiger partial charge in [0.2, 0.25) is 11.7 Å². The Labute approximate surface area is 140 Å². The van der Waals surface area contributed by atoms with Gasteiger partial charge in [-0.05, 0) is 13.0 Å². The van der Waals surface area contributed by atoms with Crippen LogP contribution in [0.5, 0.6) is 0 Å². The maximum atomic E-state index is 11.9. The number of nitrogens with zero attached hydrogens (tertiary/aromatic N) is 5. The fourth-order valence-corrected chi connectivity index (χ4v) is 2.53. The van der Waals surface area contributed by atoms with Crippen molar-refractivity contribution in [2.45, 2.75) is 44.7 Å². The minimum absolute atomic E-state index is 0.00474. The normalized spacial score (nSPS) is 14.5. The third-order valence-corrected chi connectivity index (χ3v) is 4.02. The molecule has 0 saturated heterocycles. The predicted octanol–water partition coefficient (Wildman–Crippen LogP) is 2.05. The second kappa shape index (κ2) is 6.79. The number of hydrogen-bond donors (Lipinski definition) is 1. The van der Waals surface area contributed by atoms with E-state index in [1.165, 1.54) is 0 Å². The van der Waals surface area contributed by atoms with Crippen LogP contribution in [0, 0.1) is 19.3 Å². The summed E-state index contributed by atoms with van der Waals surface area (Å²) in [6, 6.07) is 1.93. The summed E-state index contributed by atoms with van der Waals surface area (Å²) in [6.07, 6.45) is 12.2. The number of terminal acetylenes is 1. The number of amides is 1. The first-order valence-corrected chi connectivity index (χ1v) is 8.06. The van der Waals surface area contributed by atoms with Gasteiger partial charge in [-0.3, -0.25) is 9.20 Å². The minimum Gasteiger partial charge on any atom is -0.356 e. The maximum Gasteiger partial charge on any atom is 0.234 e. The van der Waals surface area contributed by atoms with E-state index in [1.54, 1.807) is 0 Å². The fraction of sp³-hybridized carbons (Fsp3) is 0.471. The molecule has 0 aromatic carbocycles. The highest BCUT2D eigenvalue weighted by Gasteiger charge is 2.39. The van der Waals surface area contributed by atoms with Gasteiger partial charge in [0.15, 0.2) is 5.66 Å². The molecule has 0 radical (unpaired) electrons. The Hall–Kier alpha value is -2.75. The van der Waals surface area contributed by atoms with Crippen molar-refractivity contribution in [2.24, 2.45) is 10.2 Å². The lowest BCUT2D eigenvalue weighted by atomic mass is 10.0. The molecule has 124 valence electrons. The Bertz CT molecular complexity index is 810. The van der Waals surface area contributed by atoms with Crippen molar-refractivity contribution < 1.29 is 4.79 Å². The smallest absolute Gasteiger partial charge is 0.234 e. The molecule has 1 amide bonds. The van der Waals surface area contributed by atoms with Crippen LogP contribution in [0.3, 0.4) is 0 Å². The maximum absolute atomic E-state index is 11.9. The number of rotatable bonds is 8. The number of carbonyl (C=O) groups excluding carboxylic acids is 1. The number of aromatic nitrogens is 3. The van der Waals surface area contributed by atoms with Gasteiger partial charge in [-0.25, -0.2) is 9.97 Å². The zero-order valence-electron chi connectivity index (χ0n) is 13.7. The molecule has 0 unspecified atom stereocenters. The van der Waals surface area contributed by atoms with Crippen molar-refractivity contribution >= 4 is 11.7 Å². The lowest BCUT2D eigenvalue weighted by Gasteiger charge is -2.08. The van der Waals surface area contributed by atoms with Crippen LogP contribution in [0.4, 0.5) is 0 Å². The van der Waals surface area contributed by atoms with E-state index in [1.807, 2.05) is 29.8 Å². The van der Waals surface area contributed by atoms with Crippen molar-refractivity contribution in [3.8, 4) is 12.3 Å². The van der Waals surface area contributed by atoms with E-state index < -0.39 is 5.66 Å². The lowest BCUT2D eigenvalue weighted by Crippen LogP contribution is -2.27. The molecule has 0 aliphatic carbocycles. The Morgan fingerprint density at radius 2 is 2.21 bits per heavy atom. The summed E-state index contributed by atoms with van der Waals surface area (Å²) in [5.74, 6) is 3.27. The number of imidazole rings is 1. The molecule has 2 aromatic rings. The Morgan fingerprint density at radius 3 is 2.96 bits per heavy atom. The second-order valence-corrected chi connectivity index (χ2v) is 5.99. The highest BCUT2D eigenvalue weighted by molar-refractivity contribution is 5.76. The Morgan fingerprint density at radius 1 is 1.38 bits per heavy atom. The van der Waals surface area contributed by atoms with Gasteiger partial charge in [-0.2, -0.15) is 10.2 Å². The molecule has 0 saturated carbocycles. The van der Waals surface area contributed by atoms with Gasteiger partial charge in [0.1, 0.15) is 0 Å². The van der Waals surface area contributed by atoms with Gasteiger partial charge in [0.25, 0.3) is 0 Å². The first kappa shape index (κ1) is 16.1. The van der Waals surface area contributed by atoms with Gasteiger partial charge in [-0.1, -0.05) is 0 Å². The number of fused-ring (bicyclic) bond motifs is 1. The quantitative estimate of drug-likeness (QED) is 0.754. The van der Waals surface area contributed by atoms with Crippen molar-refractivity contribution in [2.75, 3.05) is 6.54 Å². The summed E-state index contributed by atoms with van der Waals surface area (Å²) < 4.78 is 1.88. The third-order valence-electron chi connectivity index (χ3n) is 4.02. The highest BCUT2D eigenvalue weighted by atomic mass is 16.1. The van der Waals surface area contributed by atoms with Crippen LogP contribution in [0.25, 0.3) is 5.78 Å². The molecule has 1 N–H and O–H groups in total. The molecule has 0 spiro atoms. The molecule has 1 aliphatic heterocycles. The highest BCUT2D eigenvalue weighted by Crippen LogP contribution is 2.37. The SMILES string of the molecule is C#CCCC1(CCC(=O)NCCc2cn3ccc(C)nc3n2)N=N1. The summed E-state index contributed by atoms with van der Waals surface area (Å²) in [5, 5.41) is 11.0. The molecule has 24 heavy (non-hydrogen) atoms. The third kappa shape index (κ3) is 3.96. The van der Waals surface area contributed by atoms with Crippen LogP contribution in [0.2, 0.25) is 0 Å². The van der Waals surface area contributed by atoms with Gasteiger partial charge >= 0.3 is 0 Å². The molecule has 7 nitrogen and oxygen atoms in total. The Kier molecular flexibility index (Phi) is 4.56. The molecule has 7 heteroatoms. The second-order valence-electron chi connectivity index (χ2n) is 5.99.